The fourth-order valence-electron chi connectivity index (χ4n) is 3.08. The molecule has 2 heterocycles. The van der Waals surface area contributed by atoms with Gasteiger partial charge >= 0.3 is 0 Å². The summed E-state index contributed by atoms with van der Waals surface area (Å²) in [6.45, 7) is 5.65. The number of hydrogen-bond donors (Lipinski definition) is 1. The normalized spacial score (nSPS) is 15.9. The summed E-state index contributed by atoms with van der Waals surface area (Å²) in [7, 11) is 1.73. The number of amides is 2. The molecule has 1 N–H and O–H groups in total. The molecule has 8 nitrogen and oxygen atoms in total. The first-order chi connectivity index (χ1) is 13.9. The Kier molecular flexibility index (Phi) is 6.87. The second kappa shape index (κ2) is 9.56. The van der Waals surface area contributed by atoms with Crippen LogP contribution in [0, 0.1) is 13.8 Å². The average molecular weight is 400 g/mol. The highest BCUT2D eigenvalue weighted by atomic mass is 16.5. The minimum absolute atomic E-state index is 0.0883. The van der Waals surface area contributed by atoms with Crippen LogP contribution in [0.1, 0.15) is 24.0 Å². The maximum Gasteiger partial charge on any atom is 0.253 e. The molecule has 1 unspecified atom stereocenters. The Balaban J connectivity index is 1.44. The summed E-state index contributed by atoms with van der Waals surface area (Å²) in [4.78, 5) is 26.1. The molecule has 29 heavy (non-hydrogen) atoms. The summed E-state index contributed by atoms with van der Waals surface area (Å²) >= 11 is 0. The number of carbonyl (C=O) groups is 2. The van der Waals surface area contributed by atoms with Gasteiger partial charge in [-0.2, -0.15) is 5.10 Å². The van der Waals surface area contributed by atoms with Crippen LogP contribution in [0.15, 0.2) is 30.6 Å². The third-order valence-corrected chi connectivity index (χ3v) is 5.09. The average Bonchev–Trinajstić information content (AvgIpc) is 3.37. The van der Waals surface area contributed by atoms with Crippen molar-refractivity contribution in [3.8, 4) is 5.75 Å². The second-order valence-electron chi connectivity index (χ2n) is 7.28. The lowest BCUT2D eigenvalue weighted by molar-refractivity contribution is -0.131. The Bertz CT molecular complexity index is 858. The van der Waals surface area contributed by atoms with Gasteiger partial charge in [-0.25, -0.2) is 0 Å². The Hall–Kier alpha value is -2.87. The number of likely N-dealkylation sites (N-methyl/N-ethyl adjacent to an activating group) is 1. The molecular weight excluding hydrogens is 372 g/mol. The highest BCUT2D eigenvalue weighted by molar-refractivity contribution is 5.94. The maximum atomic E-state index is 12.4. The maximum absolute atomic E-state index is 12.4. The number of aromatic nitrogens is 2. The van der Waals surface area contributed by atoms with Crippen molar-refractivity contribution in [2.75, 3.05) is 32.1 Å². The van der Waals surface area contributed by atoms with E-state index < -0.39 is 6.10 Å². The molecule has 0 spiro atoms. The van der Waals surface area contributed by atoms with Crippen molar-refractivity contribution < 1.29 is 19.1 Å². The van der Waals surface area contributed by atoms with E-state index in [9.17, 15) is 9.59 Å². The molecule has 2 amide bonds. The Morgan fingerprint density at radius 1 is 1.38 bits per heavy atom. The van der Waals surface area contributed by atoms with E-state index in [0.29, 0.717) is 25.4 Å². The van der Waals surface area contributed by atoms with Gasteiger partial charge in [-0.1, -0.05) is 12.1 Å². The van der Waals surface area contributed by atoms with E-state index in [1.807, 2.05) is 32.0 Å². The molecule has 156 valence electrons. The van der Waals surface area contributed by atoms with Crippen LogP contribution in [-0.2, 0) is 20.9 Å². The summed E-state index contributed by atoms with van der Waals surface area (Å²) in [6.07, 6.45) is 4.40. The first-order valence-corrected chi connectivity index (χ1v) is 9.82. The van der Waals surface area contributed by atoms with Gasteiger partial charge in [0.2, 0.25) is 5.91 Å². The number of nitrogens with one attached hydrogen (secondary N) is 1. The number of benzene rings is 1. The van der Waals surface area contributed by atoms with Crippen molar-refractivity contribution >= 4 is 17.5 Å². The smallest absolute Gasteiger partial charge is 0.253 e. The molecule has 0 saturated carbocycles. The monoisotopic (exact) mass is 400 g/mol. The lowest BCUT2D eigenvalue weighted by Gasteiger charge is -2.18. The predicted molar refractivity (Wildman–Crippen MR) is 109 cm³/mol. The summed E-state index contributed by atoms with van der Waals surface area (Å²) < 4.78 is 12.7. The first-order valence-electron chi connectivity index (χ1n) is 9.82. The number of anilines is 1. The highest BCUT2D eigenvalue weighted by Gasteiger charge is 2.24. The first kappa shape index (κ1) is 20.9. The van der Waals surface area contributed by atoms with E-state index in [0.717, 1.165) is 24.2 Å². The van der Waals surface area contributed by atoms with E-state index in [4.69, 9.17) is 9.47 Å². The molecule has 1 saturated heterocycles. The summed E-state index contributed by atoms with van der Waals surface area (Å²) in [5, 5.41) is 6.93. The minimum atomic E-state index is -0.400. The van der Waals surface area contributed by atoms with Crippen LogP contribution in [0.5, 0.6) is 5.75 Å². The van der Waals surface area contributed by atoms with Crippen LogP contribution in [0.3, 0.4) is 0 Å². The number of aryl methyl sites for hydroxylation is 1. The van der Waals surface area contributed by atoms with Crippen molar-refractivity contribution in [3.63, 3.8) is 0 Å². The quantitative estimate of drug-likeness (QED) is 0.734. The number of ether oxygens (including phenoxy) is 2. The van der Waals surface area contributed by atoms with Crippen LogP contribution in [0.4, 0.5) is 5.69 Å². The fraction of sp³-hybridized carbons (Fsp3) is 0.476. The Morgan fingerprint density at radius 3 is 2.97 bits per heavy atom. The van der Waals surface area contributed by atoms with Crippen molar-refractivity contribution in [2.45, 2.75) is 39.3 Å². The molecule has 0 aliphatic carbocycles. The van der Waals surface area contributed by atoms with E-state index in [2.05, 4.69) is 10.4 Å². The summed E-state index contributed by atoms with van der Waals surface area (Å²) in [5.74, 6) is 0.577. The van der Waals surface area contributed by atoms with Gasteiger partial charge in [-0.15, -0.1) is 0 Å². The summed E-state index contributed by atoms with van der Waals surface area (Å²) in [6, 6.07) is 5.93. The molecule has 1 aromatic carbocycles. The third kappa shape index (κ3) is 5.57. The van der Waals surface area contributed by atoms with Crippen molar-refractivity contribution in [2.24, 2.45) is 0 Å². The standard InChI is InChI=1S/C21H28N4O4/c1-15-6-4-7-18(16(15)2)29-11-9-24(3)20(26)14-25-13-17(12-22-25)23-21(27)19-8-5-10-28-19/h4,6-7,12-13,19H,5,8-11,14H2,1-3H3,(H,23,27). The van der Waals surface area contributed by atoms with Gasteiger partial charge in [0, 0.05) is 19.9 Å². The van der Waals surface area contributed by atoms with Gasteiger partial charge in [-0.05, 0) is 43.9 Å². The Morgan fingerprint density at radius 2 is 2.21 bits per heavy atom. The number of carbonyl (C=O) groups excluding carboxylic acids is 2. The van der Waals surface area contributed by atoms with Gasteiger partial charge in [-0.3, -0.25) is 14.3 Å². The molecule has 3 rings (SSSR count). The molecule has 1 atom stereocenters. The molecule has 0 radical (unpaired) electrons. The van der Waals surface area contributed by atoms with E-state index in [-0.39, 0.29) is 18.4 Å². The molecule has 1 fully saturated rings. The van der Waals surface area contributed by atoms with Crippen LogP contribution < -0.4 is 10.1 Å². The molecule has 1 aliphatic rings. The largest absolute Gasteiger partial charge is 0.491 e. The van der Waals surface area contributed by atoms with Crippen LogP contribution in [0.25, 0.3) is 0 Å². The molecule has 1 aliphatic heterocycles. The van der Waals surface area contributed by atoms with E-state index in [1.54, 1.807) is 18.1 Å². The zero-order valence-electron chi connectivity index (χ0n) is 17.2. The topological polar surface area (TPSA) is 85.7 Å². The fourth-order valence-corrected chi connectivity index (χ4v) is 3.08. The van der Waals surface area contributed by atoms with E-state index in [1.165, 1.54) is 16.4 Å². The minimum Gasteiger partial charge on any atom is -0.491 e. The van der Waals surface area contributed by atoms with Crippen molar-refractivity contribution in [1.29, 1.82) is 0 Å². The number of rotatable bonds is 8. The van der Waals surface area contributed by atoms with Crippen LogP contribution in [-0.4, -0.2) is 59.4 Å². The zero-order valence-corrected chi connectivity index (χ0v) is 17.2. The van der Waals surface area contributed by atoms with Gasteiger partial charge < -0.3 is 19.7 Å². The van der Waals surface area contributed by atoms with E-state index >= 15 is 0 Å². The van der Waals surface area contributed by atoms with Gasteiger partial charge in [0.1, 0.15) is 25.0 Å². The highest BCUT2D eigenvalue weighted by Crippen LogP contribution is 2.20. The van der Waals surface area contributed by atoms with Gasteiger partial charge in [0.15, 0.2) is 0 Å². The molecule has 1 aromatic heterocycles. The third-order valence-electron chi connectivity index (χ3n) is 5.09. The molecule has 2 aromatic rings. The number of hydrogen-bond acceptors (Lipinski definition) is 5. The second-order valence-corrected chi connectivity index (χ2v) is 7.28. The summed E-state index contributed by atoms with van der Waals surface area (Å²) in [5.41, 5.74) is 2.84. The molecular formula is C21H28N4O4. The lowest BCUT2D eigenvalue weighted by Crippen LogP contribution is -2.33. The van der Waals surface area contributed by atoms with Gasteiger partial charge in [0.05, 0.1) is 18.4 Å². The van der Waals surface area contributed by atoms with Crippen molar-refractivity contribution in [1.82, 2.24) is 14.7 Å². The van der Waals surface area contributed by atoms with Gasteiger partial charge in [0.25, 0.3) is 5.91 Å². The van der Waals surface area contributed by atoms with Crippen LogP contribution >= 0.6 is 0 Å². The lowest BCUT2D eigenvalue weighted by atomic mass is 10.1. The van der Waals surface area contributed by atoms with Crippen LogP contribution in [0.2, 0.25) is 0 Å². The zero-order chi connectivity index (χ0) is 20.8. The SMILES string of the molecule is Cc1cccc(OCCN(C)C(=O)Cn2cc(NC(=O)C3CCCO3)cn2)c1C. The number of nitrogens with zero attached hydrogens (tertiary/aromatic N) is 3. The van der Waals surface area contributed by atoms with Crippen molar-refractivity contribution in [3.05, 3.63) is 41.7 Å². The predicted octanol–water partition coefficient (Wildman–Crippen LogP) is 2.15. The Labute approximate surface area is 170 Å². The molecule has 0 bridgehead atoms. The molecule has 8 heteroatoms.